The number of carboxylic acids is 1. The number of nitrogens with zero attached hydrogens (tertiary/aromatic N) is 1. The fourth-order valence-corrected chi connectivity index (χ4v) is 1.85. The molecule has 1 N–H and O–H groups in total. The first-order chi connectivity index (χ1) is 11.1. The summed E-state index contributed by atoms with van der Waals surface area (Å²) in [4.78, 5) is 22.2. The zero-order valence-corrected chi connectivity index (χ0v) is 12.3. The maximum absolute atomic E-state index is 11.8. The first-order valence-electron chi connectivity index (χ1n) is 6.92. The summed E-state index contributed by atoms with van der Waals surface area (Å²) >= 11 is 0. The number of hydrazone groups is 1. The minimum absolute atomic E-state index is 0.223. The minimum atomic E-state index is -1.31. The van der Waals surface area contributed by atoms with Crippen LogP contribution in [0.1, 0.15) is 11.1 Å². The van der Waals surface area contributed by atoms with Crippen molar-refractivity contribution in [3.63, 3.8) is 0 Å². The van der Waals surface area contributed by atoms with Gasteiger partial charge in [-0.25, -0.2) is 5.43 Å². The van der Waals surface area contributed by atoms with E-state index in [2.05, 4.69) is 10.5 Å². The second-order valence-electron chi connectivity index (χ2n) is 4.65. The summed E-state index contributed by atoms with van der Waals surface area (Å²) in [5.74, 6) is -1.22. The third-order valence-electron chi connectivity index (χ3n) is 2.86. The predicted octanol–water partition coefficient (Wildman–Crippen LogP) is 0.508. The number of ether oxygens (including phenoxy) is 1. The molecule has 0 aliphatic rings. The predicted molar refractivity (Wildman–Crippen MR) is 82.8 cm³/mol. The normalized spacial score (nSPS) is 10.4. The van der Waals surface area contributed by atoms with Crippen LogP contribution in [0.5, 0.6) is 5.75 Å². The average Bonchev–Trinajstić information content (AvgIpc) is 2.55. The molecule has 0 atom stereocenters. The van der Waals surface area contributed by atoms with Crippen molar-refractivity contribution in [1.82, 2.24) is 5.43 Å². The minimum Gasteiger partial charge on any atom is -0.546 e. The molecule has 0 heterocycles. The molecule has 6 heteroatoms. The Morgan fingerprint density at radius 1 is 1.09 bits per heavy atom. The van der Waals surface area contributed by atoms with Crippen LogP contribution in [0.2, 0.25) is 0 Å². The second kappa shape index (κ2) is 8.33. The van der Waals surface area contributed by atoms with Crippen molar-refractivity contribution in [2.24, 2.45) is 5.10 Å². The van der Waals surface area contributed by atoms with Crippen LogP contribution in [0.15, 0.2) is 59.7 Å². The van der Waals surface area contributed by atoms with E-state index >= 15 is 0 Å². The highest BCUT2D eigenvalue weighted by atomic mass is 16.5. The van der Waals surface area contributed by atoms with Gasteiger partial charge in [-0.05, 0) is 17.7 Å². The number of para-hydroxylation sites is 1. The number of hydrogen-bond acceptors (Lipinski definition) is 5. The van der Waals surface area contributed by atoms with Crippen molar-refractivity contribution in [1.29, 1.82) is 0 Å². The molecule has 0 unspecified atom stereocenters. The highest BCUT2D eigenvalue weighted by Crippen LogP contribution is 2.15. The van der Waals surface area contributed by atoms with Crippen LogP contribution >= 0.6 is 0 Å². The Hall–Kier alpha value is -3.15. The van der Waals surface area contributed by atoms with Gasteiger partial charge in [-0.15, -0.1) is 0 Å². The molecular weight excluding hydrogens is 296 g/mol. The lowest BCUT2D eigenvalue weighted by Crippen LogP contribution is -2.29. The van der Waals surface area contributed by atoms with Gasteiger partial charge in [0.25, 0.3) is 0 Å². The SMILES string of the molecule is O=C([O-])COc1ccccc1/C=N\NC(=O)Cc1ccccc1. The highest BCUT2D eigenvalue weighted by molar-refractivity contribution is 5.85. The van der Waals surface area contributed by atoms with E-state index in [1.807, 2.05) is 30.3 Å². The van der Waals surface area contributed by atoms with E-state index in [9.17, 15) is 14.7 Å². The van der Waals surface area contributed by atoms with Gasteiger partial charge in [0.15, 0.2) is 0 Å². The average molecular weight is 311 g/mol. The molecule has 1 amide bonds. The van der Waals surface area contributed by atoms with Gasteiger partial charge in [-0.3, -0.25) is 4.79 Å². The first kappa shape index (κ1) is 16.2. The van der Waals surface area contributed by atoms with E-state index < -0.39 is 12.6 Å². The molecule has 6 nitrogen and oxygen atoms in total. The van der Waals surface area contributed by atoms with Gasteiger partial charge in [0, 0.05) is 5.56 Å². The summed E-state index contributed by atoms with van der Waals surface area (Å²) in [5, 5.41) is 14.3. The molecule has 0 aromatic heterocycles. The molecular formula is C17H15N2O4-. The highest BCUT2D eigenvalue weighted by Gasteiger charge is 2.03. The summed E-state index contributed by atoms with van der Waals surface area (Å²) in [6.07, 6.45) is 1.62. The van der Waals surface area contributed by atoms with Crippen molar-refractivity contribution >= 4 is 18.1 Å². The van der Waals surface area contributed by atoms with E-state index in [0.717, 1.165) is 5.56 Å². The number of amides is 1. The molecule has 0 aliphatic carbocycles. The van der Waals surface area contributed by atoms with Crippen molar-refractivity contribution < 1.29 is 19.4 Å². The fourth-order valence-electron chi connectivity index (χ4n) is 1.85. The fraction of sp³-hybridized carbons (Fsp3) is 0.118. The Bertz CT molecular complexity index is 699. The first-order valence-corrected chi connectivity index (χ1v) is 6.92. The number of aliphatic carboxylic acids is 1. The molecule has 0 aliphatic heterocycles. The topological polar surface area (TPSA) is 90.8 Å². The molecule has 0 fully saturated rings. The molecule has 0 saturated carbocycles. The van der Waals surface area contributed by atoms with Gasteiger partial charge in [0.05, 0.1) is 18.6 Å². The van der Waals surface area contributed by atoms with Gasteiger partial charge in [0.1, 0.15) is 12.4 Å². The van der Waals surface area contributed by atoms with Gasteiger partial charge in [-0.1, -0.05) is 42.5 Å². The third kappa shape index (κ3) is 5.62. The number of carbonyl (C=O) groups is 2. The molecule has 23 heavy (non-hydrogen) atoms. The van der Waals surface area contributed by atoms with E-state index in [-0.39, 0.29) is 12.3 Å². The van der Waals surface area contributed by atoms with Gasteiger partial charge >= 0.3 is 0 Å². The summed E-state index contributed by atoms with van der Waals surface area (Å²) in [6, 6.07) is 16.1. The van der Waals surface area contributed by atoms with Crippen LogP contribution in [-0.2, 0) is 16.0 Å². The maximum Gasteiger partial charge on any atom is 0.244 e. The molecule has 2 aromatic rings. The van der Waals surface area contributed by atoms with Crippen LogP contribution < -0.4 is 15.3 Å². The van der Waals surface area contributed by atoms with E-state index in [0.29, 0.717) is 11.3 Å². The zero-order valence-electron chi connectivity index (χ0n) is 12.3. The lowest BCUT2D eigenvalue weighted by molar-refractivity contribution is -0.307. The maximum atomic E-state index is 11.8. The Balaban J connectivity index is 1.92. The number of carbonyl (C=O) groups excluding carboxylic acids is 2. The summed E-state index contributed by atoms with van der Waals surface area (Å²) in [6.45, 7) is -0.550. The molecule has 0 saturated heterocycles. The molecule has 118 valence electrons. The number of carboxylic acid groups (broad SMARTS) is 1. The van der Waals surface area contributed by atoms with Crippen molar-refractivity contribution in [3.05, 3.63) is 65.7 Å². The standard InChI is InChI=1S/C17H16N2O4/c20-16(10-13-6-2-1-3-7-13)19-18-11-14-8-4-5-9-15(14)23-12-17(21)22/h1-9,11H,10,12H2,(H,19,20)(H,21,22)/p-1/b18-11-. The van der Waals surface area contributed by atoms with Gasteiger partial charge < -0.3 is 14.6 Å². The lowest BCUT2D eigenvalue weighted by Gasteiger charge is -2.09. The third-order valence-corrected chi connectivity index (χ3v) is 2.86. The van der Waals surface area contributed by atoms with Crippen LogP contribution in [0, 0.1) is 0 Å². The summed E-state index contributed by atoms with van der Waals surface area (Å²) < 4.78 is 5.09. The monoisotopic (exact) mass is 311 g/mol. The molecule has 2 rings (SSSR count). The smallest absolute Gasteiger partial charge is 0.244 e. The Morgan fingerprint density at radius 2 is 1.78 bits per heavy atom. The van der Waals surface area contributed by atoms with E-state index in [1.165, 1.54) is 6.21 Å². The quantitative estimate of drug-likeness (QED) is 0.596. The Kier molecular flexibility index (Phi) is 5.88. The van der Waals surface area contributed by atoms with E-state index in [4.69, 9.17) is 4.74 Å². The largest absolute Gasteiger partial charge is 0.546 e. The number of rotatable bonds is 7. The molecule has 0 radical (unpaired) electrons. The lowest BCUT2D eigenvalue weighted by atomic mass is 10.1. The van der Waals surface area contributed by atoms with Crippen LogP contribution in [0.4, 0.5) is 0 Å². The van der Waals surface area contributed by atoms with Crippen LogP contribution in [0.3, 0.4) is 0 Å². The van der Waals surface area contributed by atoms with Gasteiger partial charge in [-0.2, -0.15) is 5.10 Å². The van der Waals surface area contributed by atoms with Gasteiger partial charge in [0.2, 0.25) is 5.91 Å². The number of benzene rings is 2. The second-order valence-corrected chi connectivity index (χ2v) is 4.65. The molecule has 0 bridgehead atoms. The number of nitrogens with one attached hydrogen (secondary N) is 1. The van der Waals surface area contributed by atoms with Crippen LogP contribution in [-0.4, -0.2) is 24.7 Å². The van der Waals surface area contributed by atoms with Crippen molar-refractivity contribution in [2.45, 2.75) is 6.42 Å². The molecule has 2 aromatic carbocycles. The summed E-state index contributed by atoms with van der Waals surface area (Å²) in [5.41, 5.74) is 3.85. The van der Waals surface area contributed by atoms with Crippen molar-refractivity contribution in [3.8, 4) is 5.75 Å². The zero-order chi connectivity index (χ0) is 16.5. The molecule has 0 spiro atoms. The van der Waals surface area contributed by atoms with Crippen LogP contribution in [0.25, 0.3) is 0 Å². The summed E-state index contributed by atoms with van der Waals surface area (Å²) in [7, 11) is 0. The Morgan fingerprint density at radius 3 is 2.52 bits per heavy atom. The Labute approximate surface area is 133 Å². The van der Waals surface area contributed by atoms with Crippen molar-refractivity contribution in [2.75, 3.05) is 6.61 Å². The van der Waals surface area contributed by atoms with E-state index in [1.54, 1.807) is 24.3 Å². The number of hydrogen-bond donors (Lipinski definition) is 1.